The Kier molecular flexibility index (Phi) is 8.69. The average Bonchev–Trinajstić information content (AvgIpc) is 3.20. The molecule has 0 spiro atoms. The molecular weight excluding hydrogens is 510 g/mol. The van der Waals surface area contributed by atoms with Gasteiger partial charge in [0.1, 0.15) is 29.5 Å². The molecule has 2 aromatic rings. The van der Waals surface area contributed by atoms with Crippen LogP contribution in [0.2, 0.25) is 0 Å². The number of hydrogen-bond donors (Lipinski definition) is 0. The molecule has 12 heteroatoms. The summed E-state index contributed by atoms with van der Waals surface area (Å²) in [7, 11) is 0.146. The maximum Gasteiger partial charge on any atom is 0.409 e. The summed E-state index contributed by atoms with van der Waals surface area (Å²) < 4.78 is 36.4. The summed E-state index contributed by atoms with van der Waals surface area (Å²) in [5.74, 6) is 0.183. The molecule has 0 N–H and O–H groups in total. The van der Waals surface area contributed by atoms with Gasteiger partial charge < -0.3 is 14.4 Å². The lowest BCUT2D eigenvalue weighted by molar-refractivity contribution is -0.122. The lowest BCUT2D eigenvalue weighted by atomic mass is 9.85. The highest BCUT2D eigenvalue weighted by Gasteiger charge is 2.30. The second-order valence-corrected chi connectivity index (χ2v) is 12.8. The zero-order valence-electron chi connectivity index (χ0n) is 22.6. The summed E-state index contributed by atoms with van der Waals surface area (Å²) in [4.78, 5) is 31.2. The second kappa shape index (κ2) is 11.8. The molecule has 0 aromatic carbocycles. The number of hydrogen-bond acceptors (Lipinski definition) is 9. The number of pyridine rings is 1. The van der Waals surface area contributed by atoms with Crippen molar-refractivity contribution >= 4 is 21.7 Å². The summed E-state index contributed by atoms with van der Waals surface area (Å²) in [6.45, 7) is 2.56. The van der Waals surface area contributed by atoms with E-state index in [2.05, 4.69) is 15.3 Å². The highest BCUT2D eigenvalue weighted by molar-refractivity contribution is 7.91. The van der Waals surface area contributed by atoms with Crippen molar-refractivity contribution in [3.05, 3.63) is 23.5 Å². The van der Waals surface area contributed by atoms with Crippen molar-refractivity contribution in [2.24, 2.45) is 18.9 Å². The molecule has 0 radical (unpaired) electrons. The molecule has 0 saturated heterocycles. The van der Waals surface area contributed by atoms with Gasteiger partial charge in [-0.1, -0.05) is 11.6 Å². The fourth-order valence-corrected chi connectivity index (χ4v) is 5.77. The highest BCUT2D eigenvalue weighted by Crippen LogP contribution is 2.31. The number of sulfone groups is 1. The first-order valence-electron chi connectivity index (χ1n) is 13.1. The second-order valence-electron chi connectivity index (χ2n) is 10.7. The maximum absolute atomic E-state index is 12.5. The minimum atomic E-state index is -3.35. The van der Waals surface area contributed by atoms with Gasteiger partial charge in [-0.2, -0.15) is 0 Å². The first-order chi connectivity index (χ1) is 18.0. The van der Waals surface area contributed by atoms with Gasteiger partial charge in [0.25, 0.3) is 0 Å². The lowest BCUT2D eigenvalue weighted by Gasteiger charge is -2.29. The molecule has 2 aliphatic carbocycles. The first-order valence-corrected chi connectivity index (χ1v) is 15.2. The number of Topliss-reactive ketones (excluding diaryl/α,β-unsaturated/α-hetero) is 1. The van der Waals surface area contributed by atoms with E-state index in [9.17, 15) is 18.0 Å². The number of aromatic nitrogens is 4. The fraction of sp³-hybridized carbons (Fsp3) is 0.654. The highest BCUT2D eigenvalue weighted by atomic mass is 32.2. The van der Waals surface area contributed by atoms with Gasteiger partial charge in [0.15, 0.2) is 15.6 Å². The van der Waals surface area contributed by atoms with Crippen LogP contribution < -0.4 is 4.74 Å². The third-order valence-corrected chi connectivity index (χ3v) is 8.21. The standard InChI is InChI=1S/C26H37N5O6S/c1-17-24(37-20-10-6-9-19(13-20)23(32)16-38(4,34)35)12-11-21(27-17)25-22(31(3)29-28-25)15-36-26(33)30(2)14-18-7-5-8-18/h11-12,18-20H,5-10,13-16H2,1-4H3/t19-,20-/m0/s1. The minimum absolute atomic E-state index is 0.0244. The normalized spacial score (nSPS) is 20.0. The van der Waals surface area contributed by atoms with Crippen molar-refractivity contribution in [3.8, 4) is 17.1 Å². The van der Waals surface area contributed by atoms with Crippen LogP contribution in [0.5, 0.6) is 5.75 Å². The predicted molar refractivity (Wildman–Crippen MR) is 140 cm³/mol. The molecule has 11 nitrogen and oxygen atoms in total. The van der Waals surface area contributed by atoms with Gasteiger partial charge in [0.05, 0.1) is 17.5 Å². The summed E-state index contributed by atoms with van der Waals surface area (Å²) in [6.07, 6.45) is 6.81. The van der Waals surface area contributed by atoms with Crippen LogP contribution in [-0.2, 0) is 33.0 Å². The molecular formula is C26H37N5O6S. The van der Waals surface area contributed by atoms with E-state index < -0.39 is 15.6 Å². The Morgan fingerprint density at radius 3 is 2.55 bits per heavy atom. The molecule has 2 fully saturated rings. The maximum atomic E-state index is 12.5. The van der Waals surface area contributed by atoms with Gasteiger partial charge in [-0.15, -0.1) is 5.10 Å². The van der Waals surface area contributed by atoms with E-state index in [4.69, 9.17) is 9.47 Å². The van der Waals surface area contributed by atoms with Crippen molar-refractivity contribution in [1.29, 1.82) is 0 Å². The summed E-state index contributed by atoms with van der Waals surface area (Å²) in [5, 5.41) is 8.34. The molecule has 2 aromatic heterocycles. The van der Waals surface area contributed by atoms with Crippen molar-refractivity contribution in [2.75, 3.05) is 25.6 Å². The molecule has 4 rings (SSSR count). The van der Waals surface area contributed by atoms with Crippen molar-refractivity contribution in [3.63, 3.8) is 0 Å². The molecule has 208 valence electrons. The van der Waals surface area contributed by atoms with Gasteiger partial charge in [0, 0.05) is 32.8 Å². The number of carbonyl (C=O) groups is 2. The number of ether oxygens (including phenoxy) is 2. The minimum Gasteiger partial charge on any atom is -0.489 e. The van der Waals surface area contributed by atoms with Gasteiger partial charge in [-0.25, -0.2) is 22.9 Å². The van der Waals surface area contributed by atoms with Crippen LogP contribution >= 0.6 is 0 Å². The third kappa shape index (κ3) is 7.09. The van der Waals surface area contributed by atoms with Crippen LogP contribution in [0.1, 0.15) is 56.3 Å². The van der Waals surface area contributed by atoms with Crippen LogP contribution in [0.3, 0.4) is 0 Å². The smallest absolute Gasteiger partial charge is 0.409 e. The third-order valence-electron chi connectivity index (χ3n) is 7.40. The summed E-state index contributed by atoms with van der Waals surface area (Å²) >= 11 is 0. The Morgan fingerprint density at radius 1 is 1.16 bits per heavy atom. The molecule has 2 saturated carbocycles. The van der Waals surface area contributed by atoms with Crippen LogP contribution in [-0.4, -0.2) is 76.9 Å². The Bertz CT molecular complexity index is 1270. The lowest BCUT2D eigenvalue weighted by Crippen LogP contribution is -2.34. The van der Waals surface area contributed by atoms with E-state index in [1.54, 1.807) is 29.7 Å². The van der Waals surface area contributed by atoms with Crippen molar-refractivity contribution < 1.29 is 27.5 Å². The topological polar surface area (TPSA) is 134 Å². The van der Waals surface area contributed by atoms with Crippen molar-refractivity contribution in [2.45, 2.75) is 64.6 Å². The molecule has 2 aliphatic rings. The number of aryl methyl sites for hydroxylation is 2. The van der Waals surface area contributed by atoms with E-state index in [1.165, 1.54) is 6.42 Å². The van der Waals surface area contributed by atoms with Crippen LogP contribution in [0, 0.1) is 18.8 Å². The zero-order valence-corrected chi connectivity index (χ0v) is 23.4. The average molecular weight is 548 g/mol. The SMILES string of the molecule is Cc1nc(-c2nnn(C)c2COC(=O)N(C)CC2CCC2)ccc1O[C@H]1CCC[C@H](C(=O)CS(C)(=O)=O)C1. The molecule has 1 amide bonds. The largest absolute Gasteiger partial charge is 0.489 e. The van der Waals surface area contributed by atoms with E-state index in [1.807, 2.05) is 13.0 Å². The van der Waals surface area contributed by atoms with E-state index >= 15 is 0 Å². The van der Waals surface area contributed by atoms with E-state index in [0.717, 1.165) is 31.9 Å². The number of nitrogens with zero attached hydrogens (tertiary/aromatic N) is 5. The summed E-state index contributed by atoms with van der Waals surface area (Å²) in [6, 6.07) is 3.60. The van der Waals surface area contributed by atoms with Gasteiger partial charge in [-0.3, -0.25) is 4.79 Å². The fourth-order valence-electron chi connectivity index (χ4n) is 5.02. The molecule has 0 aliphatic heterocycles. The molecule has 2 heterocycles. The predicted octanol–water partition coefficient (Wildman–Crippen LogP) is 3.11. The first kappa shape index (κ1) is 28.0. The van der Waals surface area contributed by atoms with E-state index in [-0.39, 0.29) is 30.5 Å². The van der Waals surface area contributed by atoms with Crippen LogP contribution in [0.25, 0.3) is 11.4 Å². The number of rotatable bonds is 10. The van der Waals surface area contributed by atoms with Gasteiger partial charge in [0.2, 0.25) is 0 Å². The summed E-state index contributed by atoms with van der Waals surface area (Å²) in [5.41, 5.74) is 2.40. The Balaban J connectivity index is 1.39. The molecule has 38 heavy (non-hydrogen) atoms. The Morgan fingerprint density at radius 2 is 1.89 bits per heavy atom. The number of carbonyl (C=O) groups excluding carboxylic acids is 2. The molecule has 0 unspecified atom stereocenters. The Labute approximate surface area is 223 Å². The molecule has 0 bridgehead atoms. The monoisotopic (exact) mass is 547 g/mol. The van der Waals surface area contributed by atoms with Crippen LogP contribution in [0.15, 0.2) is 12.1 Å². The van der Waals surface area contributed by atoms with E-state index in [0.29, 0.717) is 53.8 Å². The van der Waals surface area contributed by atoms with Gasteiger partial charge >= 0.3 is 6.09 Å². The number of amides is 1. The quantitative estimate of drug-likeness (QED) is 0.440. The number of ketones is 1. The Hall–Kier alpha value is -3.02. The van der Waals surface area contributed by atoms with Crippen molar-refractivity contribution in [1.82, 2.24) is 24.9 Å². The zero-order chi connectivity index (χ0) is 27.4. The van der Waals surface area contributed by atoms with Gasteiger partial charge in [-0.05, 0) is 63.5 Å². The van der Waals surface area contributed by atoms with Crippen LogP contribution in [0.4, 0.5) is 4.79 Å². The molecule has 2 atom stereocenters.